The Morgan fingerprint density at radius 2 is 2.00 bits per heavy atom. The van der Waals surface area contributed by atoms with Crippen molar-refractivity contribution >= 4 is 6.21 Å². The number of hydrogen-bond acceptors (Lipinski definition) is 1. The molecule has 0 radical (unpaired) electrons. The van der Waals surface area contributed by atoms with E-state index in [2.05, 4.69) is 6.92 Å². The van der Waals surface area contributed by atoms with Gasteiger partial charge in [0.05, 0.1) is 0 Å². The average Bonchev–Trinajstić information content (AvgIpc) is 2.20. The van der Waals surface area contributed by atoms with Gasteiger partial charge in [-0.3, -0.25) is 0 Å². The third-order valence-electron chi connectivity index (χ3n) is 2.07. The van der Waals surface area contributed by atoms with Crippen LogP contribution in [0.2, 0.25) is 0 Å². The molecule has 0 heterocycles. The quantitative estimate of drug-likeness (QED) is 0.231. The van der Waals surface area contributed by atoms with E-state index in [0.29, 0.717) is 6.54 Å². The molecule has 1 aromatic rings. The number of nitrogens with zero attached hydrogens (tertiary/aromatic N) is 1. The molecule has 0 aliphatic carbocycles. The maximum Gasteiger partial charge on any atom is 0.178 e. The topological polar surface area (TPSA) is 26.1 Å². The Hall–Kier alpha value is -1.31. The summed E-state index contributed by atoms with van der Waals surface area (Å²) in [6.45, 7) is 2.59. The SMILES string of the molecule is CCCCC=[N+]([O-])Cc1ccccc1. The number of unbranched alkanes of at least 4 members (excludes halogenated alkanes) is 2. The van der Waals surface area contributed by atoms with Crippen LogP contribution in [0.25, 0.3) is 0 Å². The molecule has 14 heavy (non-hydrogen) atoms. The standard InChI is InChI=1S/C12H17NO/c1-2-3-7-10-13(14)11-12-8-5-4-6-9-12/h4-6,8-10H,2-3,7,11H2,1H3. The lowest BCUT2D eigenvalue weighted by molar-refractivity contribution is -0.471. The Labute approximate surface area is 85.5 Å². The van der Waals surface area contributed by atoms with Crippen molar-refractivity contribution in [3.05, 3.63) is 41.1 Å². The van der Waals surface area contributed by atoms with Gasteiger partial charge in [0, 0.05) is 12.0 Å². The molecule has 0 unspecified atom stereocenters. The first kappa shape index (κ1) is 10.8. The summed E-state index contributed by atoms with van der Waals surface area (Å²) in [7, 11) is 0. The Kier molecular flexibility index (Phi) is 4.76. The molecule has 0 saturated carbocycles. The van der Waals surface area contributed by atoms with Crippen LogP contribution >= 0.6 is 0 Å². The number of rotatable bonds is 5. The Morgan fingerprint density at radius 3 is 2.64 bits per heavy atom. The first-order valence-corrected chi connectivity index (χ1v) is 5.14. The summed E-state index contributed by atoms with van der Waals surface area (Å²) < 4.78 is 1.02. The molecular formula is C12H17NO. The monoisotopic (exact) mass is 191 g/mol. The Bertz CT molecular complexity index is 280. The minimum absolute atomic E-state index is 0.463. The van der Waals surface area contributed by atoms with Gasteiger partial charge >= 0.3 is 0 Å². The van der Waals surface area contributed by atoms with Crippen LogP contribution < -0.4 is 0 Å². The van der Waals surface area contributed by atoms with Gasteiger partial charge in [-0.1, -0.05) is 43.7 Å². The number of benzene rings is 1. The zero-order valence-corrected chi connectivity index (χ0v) is 8.65. The van der Waals surface area contributed by atoms with Gasteiger partial charge in [-0.15, -0.1) is 0 Å². The van der Waals surface area contributed by atoms with Crippen LogP contribution in [-0.2, 0) is 6.54 Å². The van der Waals surface area contributed by atoms with Gasteiger partial charge in [0.15, 0.2) is 12.8 Å². The van der Waals surface area contributed by atoms with Gasteiger partial charge in [0.1, 0.15) is 0 Å². The van der Waals surface area contributed by atoms with E-state index in [1.165, 1.54) is 0 Å². The predicted octanol–water partition coefficient (Wildman–Crippen LogP) is 2.96. The van der Waals surface area contributed by atoms with E-state index >= 15 is 0 Å². The molecule has 0 bridgehead atoms. The van der Waals surface area contributed by atoms with E-state index in [0.717, 1.165) is 29.6 Å². The molecule has 1 aromatic carbocycles. The van der Waals surface area contributed by atoms with Gasteiger partial charge in [-0.2, -0.15) is 0 Å². The van der Waals surface area contributed by atoms with Crippen molar-refractivity contribution < 1.29 is 4.74 Å². The third-order valence-corrected chi connectivity index (χ3v) is 2.07. The summed E-state index contributed by atoms with van der Waals surface area (Å²) in [4.78, 5) is 0. The van der Waals surface area contributed by atoms with Gasteiger partial charge in [-0.25, -0.2) is 4.74 Å². The molecule has 0 fully saturated rings. The lowest BCUT2D eigenvalue weighted by Gasteiger charge is -2.03. The second-order valence-electron chi connectivity index (χ2n) is 3.39. The second kappa shape index (κ2) is 6.19. The third kappa shape index (κ3) is 4.08. The van der Waals surface area contributed by atoms with E-state index < -0.39 is 0 Å². The predicted molar refractivity (Wildman–Crippen MR) is 59.4 cm³/mol. The summed E-state index contributed by atoms with van der Waals surface area (Å²) >= 11 is 0. The van der Waals surface area contributed by atoms with Crippen LogP contribution in [0.5, 0.6) is 0 Å². The summed E-state index contributed by atoms with van der Waals surface area (Å²) in [5, 5.41) is 11.3. The van der Waals surface area contributed by atoms with Gasteiger partial charge in [-0.05, 0) is 6.42 Å². The largest absolute Gasteiger partial charge is 0.624 e. The number of hydroxylamine groups is 1. The molecule has 0 N–H and O–H groups in total. The van der Waals surface area contributed by atoms with Crippen molar-refractivity contribution in [1.29, 1.82) is 0 Å². The van der Waals surface area contributed by atoms with Crippen LogP contribution in [0.4, 0.5) is 0 Å². The van der Waals surface area contributed by atoms with Crippen LogP contribution in [0.1, 0.15) is 31.7 Å². The molecule has 0 aromatic heterocycles. The fourth-order valence-electron chi connectivity index (χ4n) is 1.27. The lowest BCUT2D eigenvalue weighted by Crippen LogP contribution is -2.04. The molecule has 1 rings (SSSR count). The average molecular weight is 191 g/mol. The van der Waals surface area contributed by atoms with E-state index in [1.54, 1.807) is 6.21 Å². The molecule has 76 valence electrons. The van der Waals surface area contributed by atoms with Crippen LogP contribution in [0.3, 0.4) is 0 Å². The van der Waals surface area contributed by atoms with Crippen LogP contribution in [-0.4, -0.2) is 11.0 Å². The van der Waals surface area contributed by atoms with Crippen molar-refractivity contribution in [3.8, 4) is 0 Å². The van der Waals surface area contributed by atoms with Gasteiger partial charge in [0.25, 0.3) is 0 Å². The Morgan fingerprint density at radius 1 is 1.29 bits per heavy atom. The highest BCUT2D eigenvalue weighted by molar-refractivity contribution is 5.51. The number of hydrogen-bond donors (Lipinski definition) is 0. The molecule has 2 nitrogen and oxygen atoms in total. The maximum atomic E-state index is 11.3. The molecule has 0 aliphatic rings. The molecule has 0 amide bonds. The van der Waals surface area contributed by atoms with E-state index in [9.17, 15) is 5.21 Å². The highest BCUT2D eigenvalue weighted by Crippen LogP contribution is 2.00. The van der Waals surface area contributed by atoms with E-state index in [1.807, 2.05) is 30.3 Å². The molecule has 0 saturated heterocycles. The van der Waals surface area contributed by atoms with Crippen molar-refractivity contribution in [2.75, 3.05) is 0 Å². The van der Waals surface area contributed by atoms with E-state index in [-0.39, 0.29) is 0 Å². The molecule has 2 heteroatoms. The van der Waals surface area contributed by atoms with Crippen LogP contribution in [0.15, 0.2) is 30.3 Å². The highest BCUT2D eigenvalue weighted by atomic mass is 16.5. The molecule has 0 aliphatic heterocycles. The minimum atomic E-state index is 0.463. The fourth-order valence-corrected chi connectivity index (χ4v) is 1.27. The summed E-state index contributed by atoms with van der Waals surface area (Å²) in [5.74, 6) is 0. The first-order chi connectivity index (χ1) is 6.83. The van der Waals surface area contributed by atoms with Crippen molar-refractivity contribution in [2.45, 2.75) is 32.7 Å². The van der Waals surface area contributed by atoms with Gasteiger partial charge in [0.2, 0.25) is 0 Å². The zero-order valence-electron chi connectivity index (χ0n) is 8.65. The fraction of sp³-hybridized carbons (Fsp3) is 0.417. The molecular weight excluding hydrogens is 174 g/mol. The normalized spacial score (nSPS) is 11.6. The highest BCUT2D eigenvalue weighted by Gasteiger charge is 1.95. The minimum Gasteiger partial charge on any atom is -0.624 e. The van der Waals surface area contributed by atoms with Gasteiger partial charge < -0.3 is 5.21 Å². The second-order valence-corrected chi connectivity index (χ2v) is 3.39. The maximum absolute atomic E-state index is 11.3. The Balaban J connectivity index is 2.40. The van der Waals surface area contributed by atoms with Crippen LogP contribution in [0, 0.1) is 5.21 Å². The smallest absolute Gasteiger partial charge is 0.178 e. The zero-order chi connectivity index (χ0) is 10.2. The summed E-state index contributed by atoms with van der Waals surface area (Å²) in [5.41, 5.74) is 1.07. The van der Waals surface area contributed by atoms with Crippen molar-refractivity contribution in [1.82, 2.24) is 0 Å². The first-order valence-electron chi connectivity index (χ1n) is 5.14. The van der Waals surface area contributed by atoms with Crippen molar-refractivity contribution in [3.63, 3.8) is 0 Å². The molecule has 0 atom stereocenters. The summed E-state index contributed by atoms with van der Waals surface area (Å²) in [6, 6.07) is 9.81. The van der Waals surface area contributed by atoms with E-state index in [4.69, 9.17) is 0 Å². The lowest BCUT2D eigenvalue weighted by atomic mass is 10.2. The van der Waals surface area contributed by atoms with Crippen molar-refractivity contribution in [2.24, 2.45) is 0 Å². The molecule has 0 spiro atoms. The summed E-state index contributed by atoms with van der Waals surface area (Å²) in [6.07, 6.45) is 4.84.